The molecule has 96 valence electrons. The van der Waals surface area contributed by atoms with Gasteiger partial charge in [0.15, 0.2) is 0 Å². The number of hydrogen-bond donors (Lipinski definition) is 1. The average molecular weight is 239 g/mol. The van der Waals surface area contributed by atoms with Crippen molar-refractivity contribution in [2.75, 3.05) is 13.7 Å². The van der Waals surface area contributed by atoms with Crippen LogP contribution in [0.3, 0.4) is 0 Å². The van der Waals surface area contributed by atoms with Crippen LogP contribution in [0.4, 0.5) is 0 Å². The van der Waals surface area contributed by atoms with E-state index in [9.17, 15) is 4.79 Å². The minimum atomic E-state index is -0.630. The fourth-order valence-electron chi connectivity index (χ4n) is 1.66. The van der Waals surface area contributed by atoms with Crippen LogP contribution in [-0.2, 0) is 16.1 Å². The highest BCUT2D eigenvalue weighted by Gasteiger charge is 2.33. The predicted molar refractivity (Wildman–Crippen MR) is 65.6 cm³/mol. The summed E-state index contributed by atoms with van der Waals surface area (Å²) >= 11 is 0. The number of nitrogens with one attached hydrogen (secondary N) is 1. The molecule has 0 saturated carbocycles. The average Bonchev–Trinajstić information content (AvgIpc) is 2.86. The third kappa shape index (κ3) is 3.85. The molecule has 0 bridgehead atoms. The molecule has 5 heteroatoms. The van der Waals surface area contributed by atoms with Gasteiger partial charge in [0.1, 0.15) is 5.54 Å². The molecule has 0 aromatic carbocycles. The second-order valence-corrected chi connectivity index (χ2v) is 4.30. The first-order chi connectivity index (χ1) is 8.12. The summed E-state index contributed by atoms with van der Waals surface area (Å²) in [7, 11) is 1.42. The van der Waals surface area contributed by atoms with Crippen molar-refractivity contribution < 1.29 is 9.53 Å². The van der Waals surface area contributed by atoms with E-state index in [2.05, 4.69) is 17.2 Å². The minimum Gasteiger partial charge on any atom is -0.468 e. The number of carbonyl (C=O) groups is 1. The number of esters is 1. The Morgan fingerprint density at radius 3 is 2.88 bits per heavy atom. The lowest BCUT2D eigenvalue weighted by atomic mass is 9.97. The lowest BCUT2D eigenvalue weighted by Crippen LogP contribution is -2.51. The number of aryl methyl sites for hydroxylation is 1. The summed E-state index contributed by atoms with van der Waals surface area (Å²) in [5, 5.41) is 3.25. The Bertz CT molecular complexity index is 338. The summed E-state index contributed by atoms with van der Waals surface area (Å²) < 4.78 is 6.81. The normalized spacial score (nSPS) is 14.3. The molecule has 0 aliphatic carbocycles. The molecule has 1 unspecified atom stereocenters. The summed E-state index contributed by atoms with van der Waals surface area (Å²) in [6.45, 7) is 5.49. The predicted octanol–water partition coefficient (Wildman–Crippen LogP) is 1.20. The maximum atomic E-state index is 11.8. The van der Waals surface area contributed by atoms with Gasteiger partial charge in [-0.2, -0.15) is 0 Å². The van der Waals surface area contributed by atoms with E-state index in [-0.39, 0.29) is 5.97 Å². The molecule has 0 amide bonds. The third-order valence-electron chi connectivity index (χ3n) is 2.83. The maximum Gasteiger partial charge on any atom is 0.325 e. The highest BCUT2D eigenvalue weighted by molar-refractivity contribution is 5.80. The van der Waals surface area contributed by atoms with Crippen LogP contribution in [0.2, 0.25) is 0 Å². The Morgan fingerprint density at radius 2 is 2.35 bits per heavy atom. The van der Waals surface area contributed by atoms with Gasteiger partial charge in [0.25, 0.3) is 0 Å². The highest BCUT2D eigenvalue weighted by atomic mass is 16.5. The molecular formula is C12H21N3O2. The molecule has 1 aromatic rings. The molecule has 0 spiro atoms. The van der Waals surface area contributed by atoms with Crippen LogP contribution in [0.15, 0.2) is 18.7 Å². The van der Waals surface area contributed by atoms with Crippen LogP contribution in [0.25, 0.3) is 0 Å². The van der Waals surface area contributed by atoms with Crippen LogP contribution in [0, 0.1) is 0 Å². The first-order valence-corrected chi connectivity index (χ1v) is 5.91. The molecule has 17 heavy (non-hydrogen) atoms. The molecule has 1 N–H and O–H groups in total. The first kappa shape index (κ1) is 13.7. The standard InChI is InChI=1S/C12H21N3O2/c1-4-6-14-12(2,11(16)17-3)5-8-15-9-7-13-10-15/h7,9-10,14H,4-6,8H2,1-3H3. The Hall–Kier alpha value is -1.36. The molecule has 5 nitrogen and oxygen atoms in total. The van der Waals surface area contributed by atoms with Gasteiger partial charge in [0.05, 0.1) is 13.4 Å². The van der Waals surface area contributed by atoms with Crippen LogP contribution in [0.1, 0.15) is 26.7 Å². The van der Waals surface area contributed by atoms with Crippen molar-refractivity contribution in [3.8, 4) is 0 Å². The minimum absolute atomic E-state index is 0.217. The third-order valence-corrected chi connectivity index (χ3v) is 2.83. The lowest BCUT2D eigenvalue weighted by molar-refractivity contribution is -0.148. The van der Waals surface area contributed by atoms with Gasteiger partial charge >= 0.3 is 5.97 Å². The van der Waals surface area contributed by atoms with E-state index in [1.807, 2.05) is 17.7 Å². The molecule has 1 atom stereocenters. The van der Waals surface area contributed by atoms with Gasteiger partial charge in [-0.25, -0.2) is 4.98 Å². The van der Waals surface area contributed by atoms with E-state index in [1.165, 1.54) is 7.11 Å². The van der Waals surface area contributed by atoms with Gasteiger partial charge in [-0.15, -0.1) is 0 Å². The van der Waals surface area contributed by atoms with Gasteiger partial charge in [-0.05, 0) is 26.3 Å². The van der Waals surface area contributed by atoms with Crippen LogP contribution < -0.4 is 5.32 Å². The van der Waals surface area contributed by atoms with Gasteiger partial charge in [-0.1, -0.05) is 6.92 Å². The maximum absolute atomic E-state index is 11.8. The van der Waals surface area contributed by atoms with Gasteiger partial charge < -0.3 is 14.6 Å². The number of ether oxygens (including phenoxy) is 1. The monoisotopic (exact) mass is 239 g/mol. The number of rotatable bonds is 7. The fraction of sp³-hybridized carbons (Fsp3) is 0.667. The zero-order chi connectivity index (χ0) is 12.7. The largest absolute Gasteiger partial charge is 0.468 e. The van der Waals surface area contributed by atoms with Crippen LogP contribution in [0.5, 0.6) is 0 Å². The number of imidazole rings is 1. The highest BCUT2D eigenvalue weighted by Crippen LogP contribution is 2.13. The van der Waals surface area contributed by atoms with Gasteiger partial charge in [0.2, 0.25) is 0 Å². The van der Waals surface area contributed by atoms with E-state index >= 15 is 0 Å². The molecule has 0 saturated heterocycles. The molecular weight excluding hydrogens is 218 g/mol. The number of methoxy groups -OCH3 is 1. The van der Waals surface area contributed by atoms with Crippen molar-refractivity contribution in [3.63, 3.8) is 0 Å². The number of aromatic nitrogens is 2. The van der Waals surface area contributed by atoms with Crippen molar-refractivity contribution >= 4 is 5.97 Å². The van der Waals surface area contributed by atoms with Gasteiger partial charge in [-0.3, -0.25) is 4.79 Å². The Balaban J connectivity index is 2.59. The van der Waals surface area contributed by atoms with E-state index < -0.39 is 5.54 Å². The molecule has 0 radical (unpaired) electrons. The Labute approximate surface area is 102 Å². The van der Waals surface area contributed by atoms with Crippen molar-refractivity contribution in [1.29, 1.82) is 0 Å². The summed E-state index contributed by atoms with van der Waals surface area (Å²) in [6.07, 6.45) is 7.03. The number of nitrogens with zero attached hydrogens (tertiary/aromatic N) is 2. The summed E-state index contributed by atoms with van der Waals surface area (Å²) in [5.41, 5.74) is -0.630. The molecule has 0 fully saturated rings. The number of hydrogen-bond acceptors (Lipinski definition) is 4. The SMILES string of the molecule is CCCNC(C)(CCn1ccnc1)C(=O)OC. The molecule has 1 aromatic heterocycles. The van der Waals surface area contributed by atoms with Crippen LogP contribution in [-0.4, -0.2) is 34.7 Å². The lowest BCUT2D eigenvalue weighted by Gasteiger charge is -2.28. The van der Waals surface area contributed by atoms with Crippen molar-refractivity contribution in [1.82, 2.24) is 14.9 Å². The summed E-state index contributed by atoms with van der Waals surface area (Å²) in [4.78, 5) is 15.8. The molecule has 1 heterocycles. The topological polar surface area (TPSA) is 56.2 Å². The number of carbonyl (C=O) groups excluding carboxylic acids is 1. The van der Waals surface area contributed by atoms with Gasteiger partial charge in [0, 0.05) is 18.9 Å². The molecule has 0 aliphatic heterocycles. The van der Waals surface area contributed by atoms with Crippen molar-refractivity contribution in [2.24, 2.45) is 0 Å². The van der Waals surface area contributed by atoms with E-state index in [0.717, 1.165) is 19.5 Å². The van der Waals surface area contributed by atoms with Crippen LogP contribution >= 0.6 is 0 Å². The van der Waals surface area contributed by atoms with E-state index in [4.69, 9.17) is 4.74 Å². The fourth-order valence-corrected chi connectivity index (χ4v) is 1.66. The Morgan fingerprint density at radius 1 is 1.59 bits per heavy atom. The summed E-state index contributed by atoms with van der Waals surface area (Å²) in [6, 6.07) is 0. The summed E-state index contributed by atoms with van der Waals surface area (Å²) in [5.74, 6) is -0.217. The second kappa shape index (κ2) is 6.39. The zero-order valence-electron chi connectivity index (χ0n) is 10.8. The smallest absolute Gasteiger partial charge is 0.325 e. The second-order valence-electron chi connectivity index (χ2n) is 4.30. The van der Waals surface area contributed by atoms with Crippen molar-refractivity contribution in [2.45, 2.75) is 38.8 Å². The molecule has 0 aliphatic rings. The van der Waals surface area contributed by atoms with E-state index in [1.54, 1.807) is 12.5 Å². The quantitative estimate of drug-likeness (QED) is 0.726. The van der Waals surface area contributed by atoms with E-state index in [0.29, 0.717) is 6.42 Å². The Kier molecular flexibility index (Phi) is 5.15. The van der Waals surface area contributed by atoms with Crippen molar-refractivity contribution in [3.05, 3.63) is 18.7 Å². The first-order valence-electron chi connectivity index (χ1n) is 5.91. The zero-order valence-corrected chi connectivity index (χ0v) is 10.8. The molecule has 1 rings (SSSR count).